The molecule has 7 nitrogen and oxygen atoms in total. The van der Waals surface area contributed by atoms with Crippen LogP contribution in [0.15, 0.2) is 60.8 Å². The van der Waals surface area contributed by atoms with Gasteiger partial charge in [0.25, 0.3) is 0 Å². The lowest BCUT2D eigenvalue weighted by molar-refractivity contribution is -0.138. The van der Waals surface area contributed by atoms with Gasteiger partial charge in [0, 0.05) is 69.4 Å². The van der Waals surface area contributed by atoms with Gasteiger partial charge in [0.2, 0.25) is 0 Å². The van der Waals surface area contributed by atoms with E-state index in [2.05, 4.69) is 21.7 Å². The van der Waals surface area contributed by atoms with E-state index in [9.17, 15) is 22.8 Å². The number of hydrogen-bond acceptors (Lipinski definition) is 7. The number of halogens is 4. The number of piperazine rings is 1. The number of nitrogen functional groups attached to an aromatic ring is 1. The third-order valence-corrected chi connectivity index (χ3v) is 7.91. The first-order valence-corrected chi connectivity index (χ1v) is 15.2. The second-order valence-electron chi connectivity index (χ2n) is 11.7. The Balaban J connectivity index is 1.49. The van der Waals surface area contributed by atoms with Gasteiger partial charge in [-0.3, -0.25) is 14.5 Å². The molecule has 11 heteroatoms. The summed E-state index contributed by atoms with van der Waals surface area (Å²) in [5, 5.41) is 0.292. The van der Waals surface area contributed by atoms with E-state index in [0.717, 1.165) is 19.2 Å². The third kappa shape index (κ3) is 9.99. The number of benzene rings is 2. The number of hydrogen-bond donors (Lipinski definition) is 1. The number of nitrogens with zero attached hydrogens (tertiary/aromatic N) is 4. The molecule has 1 fully saturated rings. The molecule has 1 saturated heterocycles. The van der Waals surface area contributed by atoms with Crippen molar-refractivity contribution in [1.82, 2.24) is 19.7 Å². The van der Waals surface area contributed by atoms with Crippen LogP contribution in [0.25, 0.3) is 0 Å². The molecule has 1 aliphatic heterocycles. The molecule has 0 saturated carbocycles. The number of ketones is 2. The molecule has 4 rings (SSSR count). The smallest absolute Gasteiger partial charge is 0.383 e. The lowest BCUT2D eigenvalue weighted by atomic mass is 9.97. The van der Waals surface area contributed by atoms with Crippen LogP contribution in [0.2, 0.25) is 5.02 Å². The molecule has 0 atom stereocenters. The molecule has 0 unspecified atom stereocenters. The van der Waals surface area contributed by atoms with Gasteiger partial charge in [-0.05, 0) is 74.2 Å². The summed E-state index contributed by atoms with van der Waals surface area (Å²) in [5.41, 5.74) is 7.40. The first kappa shape index (κ1) is 34.9. The largest absolute Gasteiger partial charge is 0.416 e. The van der Waals surface area contributed by atoms with Crippen LogP contribution in [0, 0.1) is 11.8 Å². The van der Waals surface area contributed by atoms with Crippen LogP contribution in [-0.2, 0) is 30.4 Å². The van der Waals surface area contributed by atoms with E-state index >= 15 is 0 Å². The van der Waals surface area contributed by atoms with Gasteiger partial charge in [-0.1, -0.05) is 41.7 Å². The number of pyridine rings is 1. The predicted molar refractivity (Wildman–Crippen MR) is 175 cm³/mol. The number of alkyl halides is 3. The van der Waals surface area contributed by atoms with Crippen LogP contribution in [0.1, 0.15) is 43.7 Å². The topological polar surface area (TPSA) is 82.8 Å². The molecule has 1 aliphatic rings. The minimum absolute atomic E-state index is 0.0892. The van der Waals surface area contributed by atoms with E-state index in [1.54, 1.807) is 18.2 Å². The van der Waals surface area contributed by atoms with Crippen molar-refractivity contribution in [1.29, 1.82) is 0 Å². The Hall–Kier alpha value is -4.01. The molecule has 3 aromatic rings. The van der Waals surface area contributed by atoms with Crippen molar-refractivity contribution in [2.24, 2.45) is 0 Å². The molecule has 0 aliphatic carbocycles. The molecule has 2 N–H and O–H groups in total. The van der Waals surface area contributed by atoms with Crippen molar-refractivity contribution in [2.75, 3.05) is 59.6 Å². The number of carbonyl (C=O) groups excluding carboxylic acids is 2. The summed E-state index contributed by atoms with van der Waals surface area (Å²) in [7, 11) is 5.80. The van der Waals surface area contributed by atoms with Crippen LogP contribution in [0.5, 0.6) is 0 Å². The van der Waals surface area contributed by atoms with Crippen molar-refractivity contribution in [3.8, 4) is 11.8 Å². The molecule has 46 heavy (non-hydrogen) atoms. The van der Waals surface area contributed by atoms with Gasteiger partial charge in [-0.2, -0.15) is 13.2 Å². The third-order valence-electron chi connectivity index (χ3n) is 7.58. The fourth-order valence-electron chi connectivity index (χ4n) is 4.97. The highest BCUT2D eigenvalue weighted by atomic mass is 35.5. The maximum atomic E-state index is 14.0. The van der Waals surface area contributed by atoms with E-state index in [0.29, 0.717) is 41.3 Å². The Morgan fingerprint density at radius 1 is 1.00 bits per heavy atom. The van der Waals surface area contributed by atoms with Crippen molar-refractivity contribution < 1.29 is 22.8 Å². The lowest BCUT2D eigenvalue weighted by Crippen LogP contribution is -2.44. The van der Waals surface area contributed by atoms with Crippen molar-refractivity contribution in [3.63, 3.8) is 0 Å². The molecule has 0 spiro atoms. The number of aromatic nitrogens is 1. The van der Waals surface area contributed by atoms with Crippen molar-refractivity contribution >= 4 is 29.0 Å². The average Bonchev–Trinajstić information content (AvgIpc) is 2.99. The maximum Gasteiger partial charge on any atom is 0.416 e. The highest BCUT2D eigenvalue weighted by molar-refractivity contribution is 6.31. The Morgan fingerprint density at radius 3 is 2.41 bits per heavy atom. The van der Waals surface area contributed by atoms with Gasteiger partial charge in [-0.25, -0.2) is 4.98 Å². The number of nitrogens with two attached hydrogens (primary N) is 1. The Bertz CT molecular complexity index is 1670. The molecule has 2 heterocycles. The van der Waals surface area contributed by atoms with Crippen LogP contribution in [-0.4, -0.2) is 85.1 Å². The summed E-state index contributed by atoms with van der Waals surface area (Å²) in [4.78, 5) is 35.8. The van der Waals surface area contributed by atoms with Crippen molar-refractivity contribution in [3.05, 3.63) is 105 Å². The Morgan fingerprint density at radius 2 is 1.72 bits per heavy atom. The summed E-state index contributed by atoms with van der Waals surface area (Å²) in [5.74, 6) is 5.55. The van der Waals surface area contributed by atoms with Crippen LogP contribution < -0.4 is 5.73 Å². The SMILES string of the molecule is CN(C)C/C=C/C(=O)Cc1cnc(N)c(C#Cc2cc(C(=O)Cc3ccc(CN4CCN(C)CC4)c(C(F)(F)F)c3)ccc2Cl)c1. The van der Waals surface area contributed by atoms with Gasteiger partial charge < -0.3 is 15.5 Å². The normalized spacial score (nSPS) is 14.4. The summed E-state index contributed by atoms with van der Waals surface area (Å²) >= 11 is 6.37. The summed E-state index contributed by atoms with van der Waals surface area (Å²) < 4.78 is 42.1. The van der Waals surface area contributed by atoms with Gasteiger partial charge in [0.15, 0.2) is 11.6 Å². The van der Waals surface area contributed by atoms with E-state index in [4.69, 9.17) is 17.3 Å². The zero-order chi connectivity index (χ0) is 33.4. The molecule has 1 aromatic heterocycles. The minimum atomic E-state index is -4.55. The molecular formula is C35H37ClF3N5O2. The van der Waals surface area contributed by atoms with Crippen LogP contribution in [0.4, 0.5) is 19.0 Å². The van der Waals surface area contributed by atoms with Gasteiger partial charge >= 0.3 is 6.18 Å². The monoisotopic (exact) mass is 651 g/mol. The average molecular weight is 652 g/mol. The van der Waals surface area contributed by atoms with Crippen LogP contribution >= 0.6 is 11.6 Å². The Labute approximate surface area is 272 Å². The van der Waals surface area contributed by atoms with E-state index in [1.807, 2.05) is 30.9 Å². The summed E-state index contributed by atoms with van der Waals surface area (Å²) in [6.07, 6.45) is 0.189. The second-order valence-corrected chi connectivity index (χ2v) is 12.1. The highest BCUT2D eigenvalue weighted by Crippen LogP contribution is 2.34. The maximum absolute atomic E-state index is 14.0. The molecule has 242 valence electrons. The van der Waals surface area contributed by atoms with E-state index < -0.39 is 11.7 Å². The first-order valence-electron chi connectivity index (χ1n) is 14.8. The number of carbonyl (C=O) groups is 2. The van der Waals surface area contributed by atoms with Gasteiger partial charge in [-0.15, -0.1) is 0 Å². The molecule has 0 amide bonds. The second kappa shape index (κ2) is 15.5. The van der Waals surface area contributed by atoms with E-state index in [1.165, 1.54) is 36.5 Å². The summed E-state index contributed by atoms with van der Waals surface area (Å²) in [6.45, 7) is 3.83. The fourth-order valence-corrected chi connectivity index (χ4v) is 5.13. The van der Waals surface area contributed by atoms with E-state index in [-0.39, 0.29) is 53.5 Å². The van der Waals surface area contributed by atoms with Crippen LogP contribution in [0.3, 0.4) is 0 Å². The number of rotatable bonds is 10. The quantitative estimate of drug-likeness (QED) is 0.185. The molecular weight excluding hydrogens is 615 g/mol. The minimum Gasteiger partial charge on any atom is -0.383 e. The number of Topliss-reactive ketones (excluding diaryl/α,β-unsaturated/α-hetero) is 1. The zero-order valence-corrected chi connectivity index (χ0v) is 26.9. The standard InChI is InChI=1S/C35H37ClF3N5O2/c1-42(2)12-4-5-30(45)18-25-17-28(34(40)41-22-25)9-8-26-21-27(10-11-32(26)36)33(46)20-24-6-7-29(31(19-24)35(37,38)39)23-44-15-13-43(3)14-16-44/h4-7,10-11,17,19,21-22H,12-16,18,20,23H2,1-3H3,(H2,40,41)/b5-4+. The predicted octanol–water partition coefficient (Wildman–Crippen LogP) is 5.14. The van der Waals surface area contributed by atoms with Crippen molar-refractivity contribution in [2.45, 2.75) is 25.6 Å². The molecule has 2 aromatic carbocycles. The van der Waals surface area contributed by atoms with Gasteiger partial charge in [0.05, 0.1) is 16.1 Å². The number of anilines is 1. The number of allylic oxidation sites excluding steroid dienone is 1. The fraction of sp³-hybridized carbons (Fsp3) is 0.343. The highest BCUT2D eigenvalue weighted by Gasteiger charge is 2.34. The molecule has 0 bridgehead atoms. The summed E-state index contributed by atoms with van der Waals surface area (Å²) in [6, 6.07) is 10.4. The lowest BCUT2D eigenvalue weighted by Gasteiger charge is -2.33. The Kier molecular flexibility index (Phi) is 11.8. The zero-order valence-electron chi connectivity index (χ0n) is 26.1. The molecule has 0 radical (unpaired) electrons. The van der Waals surface area contributed by atoms with Gasteiger partial charge in [0.1, 0.15) is 5.82 Å². The number of likely N-dealkylation sites (N-methyl/N-ethyl adjacent to an activating group) is 2. The first-order chi connectivity index (χ1) is 21.8.